The van der Waals surface area contributed by atoms with Gasteiger partial charge in [-0.1, -0.05) is 17.7 Å². The number of aromatic nitrogens is 2. The van der Waals surface area contributed by atoms with Crippen LogP contribution in [-0.2, 0) is 30.6 Å². The Hall–Kier alpha value is -2.93. The van der Waals surface area contributed by atoms with Crippen LogP contribution in [0.3, 0.4) is 0 Å². The molecule has 0 radical (unpaired) electrons. The molecule has 0 bridgehead atoms. The molecule has 0 saturated heterocycles. The molecule has 1 aromatic carbocycles. The molecule has 160 valence electrons. The van der Waals surface area contributed by atoms with Gasteiger partial charge in [0.1, 0.15) is 0 Å². The lowest BCUT2D eigenvalue weighted by Gasteiger charge is -2.27. The highest BCUT2D eigenvalue weighted by Crippen LogP contribution is 2.28. The van der Waals surface area contributed by atoms with E-state index >= 15 is 0 Å². The first-order chi connectivity index (χ1) is 15.1. The first-order valence-electron chi connectivity index (χ1n) is 10.9. The third-order valence-electron chi connectivity index (χ3n) is 6.21. The maximum absolute atomic E-state index is 12.9. The fraction of sp³-hybridized carbons (Fsp3) is 0.375. The smallest absolute Gasteiger partial charge is 0.272 e. The summed E-state index contributed by atoms with van der Waals surface area (Å²) in [5.74, 6) is -0.0943. The highest BCUT2D eigenvalue weighted by atomic mass is 32.1. The highest BCUT2D eigenvalue weighted by Gasteiger charge is 2.27. The minimum atomic E-state index is -0.185. The van der Waals surface area contributed by atoms with Crippen molar-refractivity contribution in [2.45, 2.75) is 45.6 Å². The van der Waals surface area contributed by atoms with E-state index in [9.17, 15) is 9.59 Å². The molecule has 7 heteroatoms. The number of hydrogen-bond donors (Lipinski definition) is 1. The molecule has 0 saturated carbocycles. The number of nitrogens with one attached hydrogen (secondary N) is 1. The molecule has 0 spiro atoms. The molecule has 1 aliphatic heterocycles. The average molecular weight is 435 g/mol. The molecule has 0 unspecified atom stereocenters. The molecule has 2 aliphatic rings. The highest BCUT2D eigenvalue weighted by molar-refractivity contribution is 7.10. The van der Waals surface area contributed by atoms with Gasteiger partial charge in [-0.15, -0.1) is 11.3 Å². The number of hydrogen-bond acceptors (Lipinski definition) is 4. The van der Waals surface area contributed by atoms with Crippen molar-refractivity contribution in [1.29, 1.82) is 0 Å². The minimum Gasteiger partial charge on any atom is -0.350 e. The van der Waals surface area contributed by atoms with Gasteiger partial charge >= 0.3 is 0 Å². The van der Waals surface area contributed by atoms with Crippen molar-refractivity contribution in [1.82, 2.24) is 20.0 Å². The second-order valence-corrected chi connectivity index (χ2v) is 9.32. The molecule has 2 amide bonds. The number of rotatable bonds is 5. The number of nitrogens with zero attached hydrogens (tertiary/aromatic N) is 3. The molecule has 31 heavy (non-hydrogen) atoms. The zero-order valence-electron chi connectivity index (χ0n) is 17.7. The Morgan fingerprint density at radius 1 is 1.13 bits per heavy atom. The van der Waals surface area contributed by atoms with Crippen LogP contribution in [0.4, 0.5) is 0 Å². The van der Waals surface area contributed by atoms with Crippen molar-refractivity contribution in [3.8, 4) is 5.69 Å². The van der Waals surface area contributed by atoms with Crippen LogP contribution >= 0.6 is 11.3 Å². The molecular formula is C24H26N4O2S. The summed E-state index contributed by atoms with van der Waals surface area (Å²) < 4.78 is 1.91. The number of fused-ring (bicyclic) bond motifs is 2. The van der Waals surface area contributed by atoms with Gasteiger partial charge in [-0.25, -0.2) is 4.68 Å². The van der Waals surface area contributed by atoms with Crippen molar-refractivity contribution in [2.75, 3.05) is 13.1 Å². The van der Waals surface area contributed by atoms with E-state index in [1.165, 1.54) is 16.0 Å². The Labute approximate surface area is 185 Å². The summed E-state index contributed by atoms with van der Waals surface area (Å²) in [5, 5.41) is 9.67. The lowest BCUT2D eigenvalue weighted by Crippen LogP contribution is -2.37. The monoisotopic (exact) mass is 434 g/mol. The maximum Gasteiger partial charge on any atom is 0.272 e. The van der Waals surface area contributed by atoms with Gasteiger partial charge in [0.05, 0.1) is 5.69 Å². The van der Waals surface area contributed by atoms with E-state index < -0.39 is 0 Å². The second kappa shape index (κ2) is 8.30. The zero-order valence-corrected chi connectivity index (χ0v) is 18.5. The van der Waals surface area contributed by atoms with Gasteiger partial charge in [0, 0.05) is 42.2 Å². The standard InChI is InChI=1S/C24H26N4O2S/c1-16-5-7-18(8-6-16)28-20-4-2-3-19(20)23(26-28)24(30)25-12-9-22(29)27-13-10-21-17(15-27)11-14-31-21/h5-8,11,14H,2-4,9-10,12-13,15H2,1H3,(H,25,30). The van der Waals surface area contributed by atoms with Crippen molar-refractivity contribution < 1.29 is 9.59 Å². The Bertz CT molecular complexity index is 1130. The largest absolute Gasteiger partial charge is 0.350 e. The molecular weight excluding hydrogens is 408 g/mol. The van der Waals surface area contributed by atoms with Crippen LogP contribution in [-0.4, -0.2) is 39.6 Å². The summed E-state index contributed by atoms with van der Waals surface area (Å²) >= 11 is 1.77. The summed E-state index contributed by atoms with van der Waals surface area (Å²) in [6, 6.07) is 10.3. The average Bonchev–Trinajstić information content (AvgIpc) is 3.50. The van der Waals surface area contributed by atoms with E-state index in [1.807, 2.05) is 21.7 Å². The summed E-state index contributed by atoms with van der Waals surface area (Å²) in [5.41, 5.74) is 6.11. The van der Waals surface area contributed by atoms with E-state index in [2.05, 4.69) is 40.9 Å². The molecule has 3 aromatic rings. The van der Waals surface area contributed by atoms with E-state index in [1.54, 1.807) is 11.3 Å². The molecule has 1 N–H and O–H groups in total. The summed E-state index contributed by atoms with van der Waals surface area (Å²) in [7, 11) is 0. The fourth-order valence-corrected chi connectivity index (χ4v) is 5.40. The lowest BCUT2D eigenvalue weighted by molar-refractivity contribution is -0.131. The minimum absolute atomic E-state index is 0.0903. The molecule has 2 aromatic heterocycles. The van der Waals surface area contributed by atoms with Gasteiger partial charge in [0.25, 0.3) is 5.91 Å². The Balaban J connectivity index is 1.23. The quantitative estimate of drug-likeness (QED) is 0.669. The number of aryl methyl sites for hydroxylation is 1. The molecule has 1 aliphatic carbocycles. The third kappa shape index (κ3) is 3.90. The number of benzene rings is 1. The van der Waals surface area contributed by atoms with Crippen LogP contribution in [0, 0.1) is 6.92 Å². The van der Waals surface area contributed by atoms with Crippen molar-refractivity contribution in [3.05, 3.63) is 68.7 Å². The number of amides is 2. The van der Waals surface area contributed by atoms with Gasteiger partial charge in [0.15, 0.2) is 5.69 Å². The van der Waals surface area contributed by atoms with Crippen LogP contribution in [0.5, 0.6) is 0 Å². The van der Waals surface area contributed by atoms with E-state index in [-0.39, 0.29) is 11.8 Å². The predicted molar refractivity (Wildman–Crippen MR) is 121 cm³/mol. The van der Waals surface area contributed by atoms with Crippen LogP contribution in [0.2, 0.25) is 0 Å². The normalized spacial score (nSPS) is 14.9. The van der Waals surface area contributed by atoms with E-state index in [0.29, 0.717) is 25.2 Å². The van der Waals surface area contributed by atoms with Crippen LogP contribution in [0.25, 0.3) is 5.69 Å². The van der Waals surface area contributed by atoms with Gasteiger partial charge in [-0.3, -0.25) is 9.59 Å². The molecule has 0 atom stereocenters. The number of carbonyl (C=O) groups is 2. The molecule has 3 heterocycles. The Kier molecular flexibility index (Phi) is 5.36. The van der Waals surface area contributed by atoms with Crippen molar-refractivity contribution in [2.24, 2.45) is 0 Å². The summed E-state index contributed by atoms with van der Waals surface area (Å²) in [6.07, 6.45) is 4.08. The van der Waals surface area contributed by atoms with Gasteiger partial charge in [0.2, 0.25) is 5.91 Å². The Morgan fingerprint density at radius 3 is 2.81 bits per heavy atom. The summed E-state index contributed by atoms with van der Waals surface area (Å²) in [6.45, 7) is 3.83. The third-order valence-corrected chi connectivity index (χ3v) is 7.23. The van der Waals surface area contributed by atoms with Crippen molar-refractivity contribution >= 4 is 23.2 Å². The van der Waals surface area contributed by atoms with E-state index in [4.69, 9.17) is 0 Å². The second-order valence-electron chi connectivity index (χ2n) is 8.31. The van der Waals surface area contributed by atoms with Gasteiger partial charge < -0.3 is 10.2 Å². The first-order valence-corrected chi connectivity index (χ1v) is 11.8. The van der Waals surface area contributed by atoms with Crippen LogP contribution < -0.4 is 5.32 Å². The SMILES string of the molecule is Cc1ccc(-n2nc(C(=O)NCCC(=O)N3CCc4sccc4C3)c3c2CCC3)cc1. The molecule has 0 fully saturated rings. The van der Waals surface area contributed by atoms with Gasteiger partial charge in [-0.05, 0) is 61.7 Å². The lowest BCUT2D eigenvalue weighted by atomic mass is 10.1. The fourth-order valence-electron chi connectivity index (χ4n) is 4.51. The van der Waals surface area contributed by atoms with Gasteiger partial charge in [-0.2, -0.15) is 5.10 Å². The number of thiophene rings is 1. The zero-order chi connectivity index (χ0) is 21.4. The first kappa shape index (κ1) is 20.0. The van der Waals surface area contributed by atoms with Crippen molar-refractivity contribution in [3.63, 3.8) is 0 Å². The van der Waals surface area contributed by atoms with Crippen LogP contribution in [0.15, 0.2) is 35.7 Å². The van der Waals surface area contributed by atoms with E-state index in [0.717, 1.165) is 49.2 Å². The summed E-state index contributed by atoms with van der Waals surface area (Å²) in [4.78, 5) is 28.8. The molecule has 5 rings (SSSR count). The predicted octanol–water partition coefficient (Wildman–Crippen LogP) is 3.44. The topological polar surface area (TPSA) is 67.2 Å². The number of carbonyl (C=O) groups excluding carboxylic acids is 2. The molecule has 6 nitrogen and oxygen atoms in total. The maximum atomic E-state index is 12.9. The van der Waals surface area contributed by atoms with Crippen LogP contribution in [0.1, 0.15) is 50.6 Å². The Morgan fingerprint density at radius 2 is 1.97 bits per heavy atom.